The molecule has 2 heterocycles. The Bertz CT molecular complexity index is 783. The lowest BCUT2D eigenvalue weighted by atomic mass is 10.1. The maximum Gasteiger partial charge on any atom is 0.240 e. The molecule has 0 spiro atoms. The average Bonchev–Trinajstić information content (AvgIpc) is 3.09. The smallest absolute Gasteiger partial charge is 0.240 e. The van der Waals surface area contributed by atoms with Gasteiger partial charge in [0, 0.05) is 31.6 Å². The average molecular weight is 348 g/mol. The number of anilines is 1. The lowest BCUT2D eigenvalue weighted by molar-refractivity contribution is -0.119. The molecule has 1 aromatic carbocycles. The second-order valence-electron chi connectivity index (χ2n) is 5.72. The van der Waals surface area contributed by atoms with Crippen molar-refractivity contribution in [2.24, 2.45) is 0 Å². The predicted molar refractivity (Wildman–Crippen MR) is 90.2 cm³/mol. The van der Waals surface area contributed by atoms with E-state index in [9.17, 15) is 13.2 Å². The highest BCUT2D eigenvalue weighted by Crippen LogP contribution is 2.22. The van der Waals surface area contributed by atoms with Crippen molar-refractivity contribution in [1.29, 1.82) is 0 Å². The number of amides is 1. The first kappa shape index (κ1) is 16.7. The molecule has 1 aromatic heterocycles. The fraction of sp³-hybridized carbons (Fsp3) is 0.353. The molecular weight excluding hydrogens is 328 g/mol. The van der Waals surface area contributed by atoms with E-state index in [-0.39, 0.29) is 17.3 Å². The van der Waals surface area contributed by atoms with Crippen LogP contribution in [-0.2, 0) is 21.2 Å². The molecule has 128 valence electrons. The zero-order valence-electron chi connectivity index (χ0n) is 13.3. The number of piperidine rings is 1. The van der Waals surface area contributed by atoms with Gasteiger partial charge in [0.2, 0.25) is 15.9 Å². The fourth-order valence-corrected chi connectivity index (χ4v) is 3.76. The molecule has 0 unspecified atom stereocenters. The Hall–Kier alpha value is -2.12. The zero-order valence-corrected chi connectivity index (χ0v) is 14.1. The number of benzene rings is 1. The van der Waals surface area contributed by atoms with Crippen LogP contribution in [0.25, 0.3) is 0 Å². The van der Waals surface area contributed by atoms with Gasteiger partial charge >= 0.3 is 0 Å². The molecular formula is C17H20N2O4S. The molecule has 24 heavy (non-hydrogen) atoms. The van der Waals surface area contributed by atoms with E-state index in [1.54, 1.807) is 35.4 Å². The van der Waals surface area contributed by atoms with Gasteiger partial charge in [0.25, 0.3) is 0 Å². The molecule has 1 saturated heterocycles. The van der Waals surface area contributed by atoms with E-state index in [0.29, 0.717) is 19.4 Å². The fourth-order valence-electron chi connectivity index (χ4n) is 2.73. The molecule has 3 rings (SSSR count). The topological polar surface area (TPSA) is 79.6 Å². The van der Waals surface area contributed by atoms with Gasteiger partial charge in [-0.25, -0.2) is 13.1 Å². The standard InChI is InChI=1S/C17H20N2O4S/c20-17-5-1-2-12-19(17)14-6-8-16(9-7-14)24(21,22)18-11-10-15-4-3-13-23-15/h3-4,6-9,13,18H,1-2,5,10-12H2. The van der Waals surface area contributed by atoms with Crippen LogP contribution in [0.3, 0.4) is 0 Å². The molecule has 0 bridgehead atoms. The van der Waals surface area contributed by atoms with Crippen LogP contribution in [0, 0.1) is 0 Å². The minimum atomic E-state index is -3.57. The van der Waals surface area contributed by atoms with Crippen molar-refractivity contribution in [3.63, 3.8) is 0 Å². The van der Waals surface area contributed by atoms with E-state index in [4.69, 9.17) is 4.42 Å². The molecule has 7 heteroatoms. The molecule has 0 aliphatic carbocycles. The Morgan fingerprint density at radius 1 is 1.12 bits per heavy atom. The van der Waals surface area contributed by atoms with Crippen LogP contribution in [0.4, 0.5) is 5.69 Å². The summed E-state index contributed by atoms with van der Waals surface area (Å²) >= 11 is 0. The van der Waals surface area contributed by atoms with Gasteiger partial charge in [0.15, 0.2) is 0 Å². The van der Waals surface area contributed by atoms with Crippen LogP contribution < -0.4 is 9.62 Å². The first-order chi connectivity index (χ1) is 11.6. The zero-order chi connectivity index (χ0) is 17.0. The third-order valence-electron chi connectivity index (χ3n) is 4.03. The van der Waals surface area contributed by atoms with Crippen LogP contribution in [0.5, 0.6) is 0 Å². The van der Waals surface area contributed by atoms with Crippen LogP contribution >= 0.6 is 0 Å². The van der Waals surface area contributed by atoms with Crippen molar-refractivity contribution in [3.05, 3.63) is 48.4 Å². The molecule has 6 nitrogen and oxygen atoms in total. The highest BCUT2D eigenvalue weighted by Gasteiger charge is 2.20. The Balaban J connectivity index is 1.64. The number of nitrogens with one attached hydrogen (secondary N) is 1. The van der Waals surface area contributed by atoms with Gasteiger partial charge in [0.1, 0.15) is 5.76 Å². The van der Waals surface area contributed by atoms with E-state index < -0.39 is 10.0 Å². The number of furan rings is 1. The highest BCUT2D eigenvalue weighted by atomic mass is 32.2. The number of carbonyl (C=O) groups is 1. The molecule has 0 radical (unpaired) electrons. The third-order valence-corrected chi connectivity index (χ3v) is 5.50. The normalized spacial score (nSPS) is 15.7. The summed E-state index contributed by atoms with van der Waals surface area (Å²) in [6.07, 6.45) is 4.49. The summed E-state index contributed by atoms with van der Waals surface area (Å²) in [5.41, 5.74) is 0.745. The summed E-state index contributed by atoms with van der Waals surface area (Å²) in [5, 5.41) is 0. The summed E-state index contributed by atoms with van der Waals surface area (Å²) < 4.78 is 32.3. The lowest BCUT2D eigenvalue weighted by Crippen LogP contribution is -2.35. The van der Waals surface area contributed by atoms with E-state index in [0.717, 1.165) is 24.3 Å². The van der Waals surface area contributed by atoms with Crippen molar-refractivity contribution < 1.29 is 17.6 Å². The van der Waals surface area contributed by atoms with Crippen molar-refractivity contribution in [2.75, 3.05) is 18.0 Å². The maximum atomic E-state index is 12.3. The van der Waals surface area contributed by atoms with Gasteiger partial charge in [-0.05, 0) is 49.2 Å². The molecule has 2 aromatic rings. The van der Waals surface area contributed by atoms with Crippen molar-refractivity contribution in [2.45, 2.75) is 30.6 Å². The predicted octanol–water partition coefficient (Wildman–Crippen LogP) is 2.32. The van der Waals surface area contributed by atoms with Crippen molar-refractivity contribution in [3.8, 4) is 0 Å². The molecule has 1 aliphatic rings. The van der Waals surface area contributed by atoms with E-state index in [1.807, 2.05) is 0 Å². The second-order valence-corrected chi connectivity index (χ2v) is 7.49. The van der Waals surface area contributed by atoms with Crippen LogP contribution in [0.1, 0.15) is 25.0 Å². The monoisotopic (exact) mass is 348 g/mol. The molecule has 0 saturated carbocycles. The first-order valence-corrected chi connectivity index (χ1v) is 9.47. The number of carbonyl (C=O) groups excluding carboxylic acids is 1. The summed E-state index contributed by atoms with van der Waals surface area (Å²) in [6, 6.07) is 10.0. The van der Waals surface area contributed by atoms with Crippen LogP contribution in [0.2, 0.25) is 0 Å². The molecule has 0 atom stereocenters. The Morgan fingerprint density at radius 2 is 1.92 bits per heavy atom. The third kappa shape index (κ3) is 3.85. The van der Waals surface area contributed by atoms with Crippen molar-refractivity contribution in [1.82, 2.24) is 4.72 Å². The van der Waals surface area contributed by atoms with Crippen molar-refractivity contribution >= 4 is 21.6 Å². The maximum absolute atomic E-state index is 12.3. The molecule has 1 fully saturated rings. The second kappa shape index (κ2) is 7.19. The Labute approximate surface area is 141 Å². The summed E-state index contributed by atoms with van der Waals surface area (Å²) in [4.78, 5) is 13.8. The number of hydrogen-bond acceptors (Lipinski definition) is 4. The summed E-state index contributed by atoms with van der Waals surface area (Å²) in [5.74, 6) is 0.824. The quantitative estimate of drug-likeness (QED) is 0.869. The minimum absolute atomic E-state index is 0.0911. The summed E-state index contributed by atoms with van der Waals surface area (Å²) in [6.45, 7) is 0.953. The lowest BCUT2D eigenvalue weighted by Gasteiger charge is -2.26. The number of nitrogens with zero attached hydrogens (tertiary/aromatic N) is 1. The highest BCUT2D eigenvalue weighted by molar-refractivity contribution is 7.89. The number of hydrogen-bond donors (Lipinski definition) is 1. The summed E-state index contributed by atoms with van der Waals surface area (Å²) in [7, 11) is -3.57. The Morgan fingerprint density at radius 3 is 2.58 bits per heavy atom. The SMILES string of the molecule is O=C1CCCCN1c1ccc(S(=O)(=O)NCCc2ccco2)cc1. The largest absolute Gasteiger partial charge is 0.469 e. The Kier molecular flexibility index (Phi) is 5.01. The van der Waals surface area contributed by atoms with Gasteiger partial charge in [-0.15, -0.1) is 0 Å². The molecule has 1 aliphatic heterocycles. The van der Waals surface area contributed by atoms with Gasteiger partial charge < -0.3 is 9.32 Å². The number of rotatable bonds is 6. The van der Waals surface area contributed by atoms with Gasteiger partial charge in [-0.1, -0.05) is 0 Å². The molecule has 1 N–H and O–H groups in total. The van der Waals surface area contributed by atoms with Gasteiger partial charge in [0.05, 0.1) is 11.2 Å². The van der Waals surface area contributed by atoms with Crippen LogP contribution in [-0.4, -0.2) is 27.4 Å². The van der Waals surface area contributed by atoms with Gasteiger partial charge in [-0.3, -0.25) is 4.79 Å². The van der Waals surface area contributed by atoms with E-state index in [2.05, 4.69) is 4.72 Å². The minimum Gasteiger partial charge on any atom is -0.469 e. The van der Waals surface area contributed by atoms with Crippen LogP contribution in [0.15, 0.2) is 52.0 Å². The van der Waals surface area contributed by atoms with E-state index in [1.165, 1.54) is 12.1 Å². The van der Waals surface area contributed by atoms with E-state index >= 15 is 0 Å². The first-order valence-electron chi connectivity index (χ1n) is 7.99. The number of sulfonamides is 1. The molecule has 1 amide bonds. The van der Waals surface area contributed by atoms with Gasteiger partial charge in [-0.2, -0.15) is 0 Å².